The molecule has 2 rings (SSSR count). The molecule has 0 aliphatic rings. The van der Waals surface area contributed by atoms with Gasteiger partial charge in [0.05, 0.1) is 0 Å². The van der Waals surface area contributed by atoms with E-state index < -0.39 is 17.3 Å². The molecule has 1 amide bonds. The smallest absolute Gasteiger partial charge is 0.274 e. The summed E-state index contributed by atoms with van der Waals surface area (Å²) >= 11 is 0. The number of rotatable bonds is 5. The number of hydrogen-bond acceptors (Lipinski definition) is 5. The van der Waals surface area contributed by atoms with E-state index in [2.05, 4.69) is 10.3 Å². The van der Waals surface area contributed by atoms with Crippen LogP contribution in [0.25, 0.3) is 5.65 Å². The van der Waals surface area contributed by atoms with Gasteiger partial charge in [-0.3, -0.25) is 14.0 Å². The number of aromatic hydroxyl groups is 1. The first-order valence-corrected chi connectivity index (χ1v) is 7.05. The molecule has 7 heteroatoms. The van der Waals surface area contributed by atoms with Crippen LogP contribution in [0.3, 0.4) is 0 Å². The summed E-state index contributed by atoms with van der Waals surface area (Å²) in [5.41, 5.74) is 0.317. The fourth-order valence-electron chi connectivity index (χ4n) is 2.11. The van der Waals surface area contributed by atoms with Crippen molar-refractivity contribution in [2.24, 2.45) is 0 Å². The molecule has 0 spiro atoms. The molecule has 0 fully saturated rings. The van der Waals surface area contributed by atoms with Crippen LogP contribution in [0.15, 0.2) is 23.1 Å². The summed E-state index contributed by atoms with van der Waals surface area (Å²) in [6, 6.07) is 3.41. The van der Waals surface area contributed by atoms with Gasteiger partial charge in [0.2, 0.25) is 5.88 Å². The number of nitrogens with zero attached hydrogens (tertiary/aromatic N) is 3. The minimum absolute atomic E-state index is 0.312. The molecule has 2 aromatic heterocycles. The minimum atomic E-state index is -0.608. The van der Waals surface area contributed by atoms with Crippen LogP contribution in [0.4, 0.5) is 0 Å². The number of pyridine rings is 1. The third-order valence-corrected chi connectivity index (χ3v) is 3.26. The van der Waals surface area contributed by atoms with Crippen LogP contribution in [0, 0.1) is 6.92 Å². The highest BCUT2D eigenvalue weighted by atomic mass is 16.3. The standard InChI is InChI=1S/C15H20N4O3/c1-10-5-8-19-11(9-10)17-14(21)12(15(19)22)13(20)16-6-4-7-18(2)3/h5,8-9,21H,4,6-7H2,1-3H3,(H,16,20). The number of fused-ring (bicyclic) bond motifs is 1. The summed E-state index contributed by atoms with van der Waals surface area (Å²) < 4.78 is 1.25. The maximum atomic E-state index is 12.3. The van der Waals surface area contributed by atoms with E-state index in [9.17, 15) is 14.7 Å². The van der Waals surface area contributed by atoms with Crippen molar-refractivity contribution in [2.45, 2.75) is 13.3 Å². The lowest BCUT2D eigenvalue weighted by atomic mass is 10.2. The average molecular weight is 304 g/mol. The van der Waals surface area contributed by atoms with E-state index in [0.717, 1.165) is 18.5 Å². The maximum absolute atomic E-state index is 12.3. The Morgan fingerprint density at radius 3 is 2.86 bits per heavy atom. The zero-order chi connectivity index (χ0) is 16.3. The fourth-order valence-corrected chi connectivity index (χ4v) is 2.11. The molecule has 2 N–H and O–H groups in total. The van der Waals surface area contributed by atoms with Crippen LogP contribution in [0.5, 0.6) is 5.88 Å². The lowest BCUT2D eigenvalue weighted by Gasteiger charge is -2.10. The summed E-state index contributed by atoms with van der Waals surface area (Å²) in [6.45, 7) is 3.10. The van der Waals surface area contributed by atoms with Crippen molar-refractivity contribution in [2.75, 3.05) is 27.2 Å². The topological polar surface area (TPSA) is 86.9 Å². The average Bonchev–Trinajstić information content (AvgIpc) is 2.42. The van der Waals surface area contributed by atoms with Crippen molar-refractivity contribution < 1.29 is 9.90 Å². The van der Waals surface area contributed by atoms with E-state index in [-0.39, 0.29) is 5.56 Å². The van der Waals surface area contributed by atoms with Crippen molar-refractivity contribution in [1.82, 2.24) is 19.6 Å². The van der Waals surface area contributed by atoms with Crippen molar-refractivity contribution >= 4 is 11.6 Å². The molecule has 0 aliphatic heterocycles. The highest BCUT2D eigenvalue weighted by Gasteiger charge is 2.19. The minimum Gasteiger partial charge on any atom is -0.493 e. The number of nitrogens with one attached hydrogen (secondary N) is 1. The molecular weight excluding hydrogens is 284 g/mol. The quantitative estimate of drug-likeness (QED) is 0.780. The van der Waals surface area contributed by atoms with Gasteiger partial charge < -0.3 is 15.3 Å². The third kappa shape index (κ3) is 3.43. The van der Waals surface area contributed by atoms with E-state index in [1.165, 1.54) is 4.40 Å². The van der Waals surface area contributed by atoms with Gasteiger partial charge in [-0.05, 0) is 51.7 Å². The van der Waals surface area contributed by atoms with Gasteiger partial charge in [0.1, 0.15) is 5.65 Å². The van der Waals surface area contributed by atoms with Crippen molar-refractivity contribution in [3.05, 3.63) is 39.8 Å². The van der Waals surface area contributed by atoms with Crippen molar-refractivity contribution in [1.29, 1.82) is 0 Å². The molecule has 7 nitrogen and oxygen atoms in total. The van der Waals surface area contributed by atoms with Gasteiger partial charge in [0.15, 0.2) is 5.56 Å². The molecule has 0 aromatic carbocycles. The molecule has 0 unspecified atom stereocenters. The molecule has 22 heavy (non-hydrogen) atoms. The highest BCUT2D eigenvalue weighted by Crippen LogP contribution is 2.12. The molecule has 0 bridgehead atoms. The Labute approximate surface area is 128 Å². The Morgan fingerprint density at radius 2 is 2.18 bits per heavy atom. The van der Waals surface area contributed by atoms with Gasteiger partial charge in [-0.15, -0.1) is 0 Å². The molecule has 0 saturated heterocycles. The first-order valence-electron chi connectivity index (χ1n) is 7.05. The van der Waals surface area contributed by atoms with E-state index in [0.29, 0.717) is 12.2 Å². The third-order valence-electron chi connectivity index (χ3n) is 3.26. The second-order valence-electron chi connectivity index (χ2n) is 5.46. The molecule has 0 radical (unpaired) electrons. The number of carbonyl (C=O) groups is 1. The molecule has 118 valence electrons. The lowest BCUT2D eigenvalue weighted by molar-refractivity contribution is 0.0947. The number of hydrogen-bond donors (Lipinski definition) is 2. The lowest BCUT2D eigenvalue weighted by Crippen LogP contribution is -2.33. The number of aryl methyl sites for hydroxylation is 1. The predicted octanol–water partition coefficient (Wildman–Crippen LogP) is 0.390. The number of carbonyl (C=O) groups excluding carboxylic acids is 1. The van der Waals surface area contributed by atoms with Crippen LogP contribution in [-0.4, -0.2) is 52.5 Å². The van der Waals surface area contributed by atoms with Crippen molar-refractivity contribution in [3.8, 4) is 5.88 Å². The Kier molecular flexibility index (Phi) is 4.77. The Bertz CT molecular complexity index is 752. The normalized spacial score (nSPS) is 11.1. The monoisotopic (exact) mass is 304 g/mol. The molecule has 0 saturated carbocycles. The fraction of sp³-hybridized carbons (Fsp3) is 0.400. The number of aromatic nitrogens is 2. The van der Waals surface area contributed by atoms with E-state index in [1.807, 2.05) is 25.9 Å². The van der Waals surface area contributed by atoms with Crippen LogP contribution in [0.1, 0.15) is 22.3 Å². The van der Waals surface area contributed by atoms with Crippen LogP contribution >= 0.6 is 0 Å². The summed E-state index contributed by atoms with van der Waals surface area (Å²) in [7, 11) is 3.88. The summed E-state index contributed by atoms with van der Waals surface area (Å²) in [6.07, 6.45) is 2.29. The molecule has 0 atom stereocenters. The maximum Gasteiger partial charge on any atom is 0.274 e. The Balaban J connectivity index is 2.25. The molecule has 0 aliphatic carbocycles. The summed E-state index contributed by atoms with van der Waals surface area (Å²) in [5, 5.41) is 12.5. The van der Waals surface area contributed by atoms with Gasteiger partial charge in [-0.2, -0.15) is 4.98 Å². The first kappa shape index (κ1) is 16.0. The first-order chi connectivity index (χ1) is 10.4. The summed E-state index contributed by atoms with van der Waals surface area (Å²) in [4.78, 5) is 30.4. The zero-order valence-electron chi connectivity index (χ0n) is 13.0. The van der Waals surface area contributed by atoms with Crippen molar-refractivity contribution in [3.63, 3.8) is 0 Å². The van der Waals surface area contributed by atoms with Crippen LogP contribution < -0.4 is 10.9 Å². The van der Waals surface area contributed by atoms with Gasteiger partial charge in [-0.25, -0.2) is 0 Å². The second kappa shape index (κ2) is 6.57. The Hall–Kier alpha value is -2.41. The van der Waals surface area contributed by atoms with E-state index in [1.54, 1.807) is 18.3 Å². The molecule has 2 aromatic rings. The zero-order valence-corrected chi connectivity index (χ0v) is 13.0. The van der Waals surface area contributed by atoms with Gasteiger partial charge in [-0.1, -0.05) is 0 Å². The van der Waals surface area contributed by atoms with Gasteiger partial charge >= 0.3 is 0 Å². The van der Waals surface area contributed by atoms with Gasteiger partial charge in [0, 0.05) is 12.7 Å². The summed E-state index contributed by atoms with van der Waals surface area (Å²) in [5.74, 6) is -1.15. The second-order valence-corrected chi connectivity index (χ2v) is 5.46. The molecular formula is C15H20N4O3. The van der Waals surface area contributed by atoms with Crippen LogP contribution in [0.2, 0.25) is 0 Å². The van der Waals surface area contributed by atoms with E-state index >= 15 is 0 Å². The largest absolute Gasteiger partial charge is 0.493 e. The highest BCUT2D eigenvalue weighted by molar-refractivity contribution is 5.96. The van der Waals surface area contributed by atoms with Crippen LogP contribution in [-0.2, 0) is 0 Å². The van der Waals surface area contributed by atoms with E-state index in [4.69, 9.17) is 0 Å². The Morgan fingerprint density at radius 1 is 1.45 bits per heavy atom. The predicted molar refractivity (Wildman–Crippen MR) is 83.4 cm³/mol. The molecule has 2 heterocycles. The number of amides is 1. The SMILES string of the molecule is Cc1ccn2c(=O)c(C(=O)NCCCN(C)C)c(O)nc2c1. The van der Waals surface area contributed by atoms with Gasteiger partial charge in [0.25, 0.3) is 11.5 Å².